The molecule has 0 saturated heterocycles. The van der Waals surface area contributed by atoms with E-state index in [0.717, 1.165) is 36.8 Å². The molecule has 1 atom stereocenters. The summed E-state index contributed by atoms with van der Waals surface area (Å²) in [5.41, 5.74) is 1.99. The summed E-state index contributed by atoms with van der Waals surface area (Å²) in [6, 6.07) is 5.09. The largest absolute Gasteiger partial charge is 0.482 e. The average molecular weight is 362 g/mol. The summed E-state index contributed by atoms with van der Waals surface area (Å²) in [4.78, 5) is 35.6. The fourth-order valence-electron chi connectivity index (χ4n) is 2.81. The van der Waals surface area contributed by atoms with Crippen molar-refractivity contribution in [2.24, 2.45) is 0 Å². The number of hydrogen-bond donors (Lipinski definition) is 2. The number of nitrogens with one attached hydrogen (secondary N) is 2. The molecule has 142 valence electrons. The lowest BCUT2D eigenvalue weighted by Crippen LogP contribution is -2.47. The molecule has 1 aromatic carbocycles. The van der Waals surface area contributed by atoms with Crippen LogP contribution in [0.5, 0.6) is 5.75 Å². The topological polar surface area (TPSA) is 93.7 Å². The zero-order valence-corrected chi connectivity index (χ0v) is 15.5. The summed E-state index contributed by atoms with van der Waals surface area (Å²) in [7, 11) is 0. The van der Waals surface area contributed by atoms with Gasteiger partial charge in [-0.25, -0.2) is 9.59 Å². The molecule has 7 heteroatoms. The van der Waals surface area contributed by atoms with Crippen LogP contribution in [0.1, 0.15) is 43.7 Å². The number of esters is 1. The van der Waals surface area contributed by atoms with Gasteiger partial charge in [0.25, 0.3) is 5.91 Å². The van der Waals surface area contributed by atoms with Crippen LogP contribution in [-0.4, -0.2) is 36.7 Å². The van der Waals surface area contributed by atoms with E-state index in [-0.39, 0.29) is 12.6 Å². The maximum Gasteiger partial charge on any atom is 0.344 e. The van der Waals surface area contributed by atoms with Gasteiger partial charge in [-0.2, -0.15) is 0 Å². The van der Waals surface area contributed by atoms with Crippen LogP contribution in [0.15, 0.2) is 18.2 Å². The van der Waals surface area contributed by atoms with E-state index in [1.165, 1.54) is 6.92 Å². The number of aryl methyl sites for hydroxylation is 1. The van der Waals surface area contributed by atoms with Crippen LogP contribution in [0.25, 0.3) is 0 Å². The van der Waals surface area contributed by atoms with Crippen LogP contribution in [0, 0.1) is 13.8 Å². The Kier molecular flexibility index (Phi) is 7.00. The Labute approximate surface area is 153 Å². The lowest BCUT2D eigenvalue weighted by Gasteiger charge is -2.16. The van der Waals surface area contributed by atoms with Crippen molar-refractivity contribution in [3.05, 3.63) is 29.3 Å². The Balaban J connectivity index is 1.74. The minimum absolute atomic E-state index is 0.103. The first-order valence-electron chi connectivity index (χ1n) is 8.86. The summed E-state index contributed by atoms with van der Waals surface area (Å²) < 4.78 is 10.5. The number of ether oxygens (including phenoxy) is 2. The molecule has 0 spiro atoms. The smallest absolute Gasteiger partial charge is 0.344 e. The van der Waals surface area contributed by atoms with Gasteiger partial charge in [0, 0.05) is 6.04 Å². The maximum absolute atomic E-state index is 11.9. The first-order valence-corrected chi connectivity index (χ1v) is 8.86. The Morgan fingerprint density at radius 1 is 1.19 bits per heavy atom. The predicted molar refractivity (Wildman–Crippen MR) is 95.9 cm³/mol. The first kappa shape index (κ1) is 19.8. The number of rotatable bonds is 6. The normalized spacial score (nSPS) is 15.2. The molecule has 0 heterocycles. The van der Waals surface area contributed by atoms with Gasteiger partial charge in [0.15, 0.2) is 12.7 Å². The number of benzene rings is 1. The van der Waals surface area contributed by atoms with Gasteiger partial charge in [-0.1, -0.05) is 25.0 Å². The summed E-state index contributed by atoms with van der Waals surface area (Å²) in [6.45, 7) is 4.95. The lowest BCUT2D eigenvalue weighted by atomic mass is 10.1. The fraction of sp³-hybridized carbons (Fsp3) is 0.526. The van der Waals surface area contributed by atoms with Crippen LogP contribution in [0.4, 0.5) is 4.79 Å². The number of urea groups is 1. The van der Waals surface area contributed by atoms with Gasteiger partial charge < -0.3 is 14.8 Å². The molecular formula is C19H26N2O5. The van der Waals surface area contributed by atoms with E-state index in [0.29, 0.717) is 5.75 Å². The predicted octanol–water partition coefficient (Wildman–Crippen LogP) is 2.38. The Hall–Kier alpha value is -2.57. The highest BCUT2D eigenvalue weighted by Gasteiger charge is 2.22. The molecular weight excluding hydrogens is 336 g/mol. The van der Waals surface area contributed by atoms with Crippen molar-refractivity contribution in [3.63, 3.8) is 0 Å². The maximum atomic E-state index is 11.9. The molecule has 0 bridgehead atoms. The fourth-order valence-corrected chi connectivity index (χ4v) is 2.81. The van der Waals surface area contributed by atoms with E-state index >= 15 is 0 Å². The number of amides is 3. The molecule has 1 fully saturated rings. The van der Waals surface area contributed by atoms with Gasteiger partial charge >= 0.3 is 12.0 Å². The summed E-state index contributed by atoms with van der Waals surface area (Å²) >= 11 is 0. The highest BCUT2D eigenvalue weighted by atomic mass is 16.6. The van der Waals surface area contributed by atoms with Crippen LogP contribution in [0.3, 0.4) is 0 Å². The molecule has 7 nitrogen and oxygen atoms in total. The summed E-state index contributed by atoms with van der Waals surface area (Å²) in [6.07, 6.45) is 2.91. The van der Waals surface area contributed by atoms with Crippen molar-refractivity contribution in [2.75, 3.05) is 6.61 Å². The van der Waals surface area contributed by atoms with E-state index in [1.54, 1.807) is 6.07 Å². The number of carbonyl (C=O) groups excluding carboxylic acids is 3. The molecule has 0 radical (unpaired) electrons. The third kappa shape index (κ3) is 5.75. The summed E-state index contributed by atoms with van der Waals surface area (Å²) in [5.74, 6) is -0.750. The Bertz CT molecular complexity index is 668. The summed E-state index contributed by atoms with van der Waals surface area (Å²) in [5, 5.41) is 4.94. The van der Waals surface area contributed by atoms with Crippen molar-refractivity contribution < 1.29 is 23.9 Å². The average Bonchev–Trinajstić information content (AvgIpc) is 3.08. The van der Waals surface area contributed by atoms with E-state index in [9.17, 15) is 14.4 Å². The van der Waals surface area contributed by atoms with Crippen molar-refractivity contribution in [1.29, 1.82) is 0 Å². The van der Waals surface area contributed by atoms with Gasteiger partial charge in [0.1, 0.15) is 5.75 Å². The molecule has 26 heavy (non-hydrogen) atoms. The van der Waals surface area contributed by atoms with Crippen LogP contribution in [0.2, 0.25) is 0 Å². The molecule has 3 amide bonds. The van der Waals surface area contributed by atoms with Crippen LogP contribution in [-0.2, 0) is 14.3 Å². The molecule has 1 aliphatic carbocycles. The minimum Gasteiger partial charge on any atom is -0.482 e. The van der Waals surface area contributed by atoms with Crippen molar-refractivity contribution in [1.82, 2.24) is 10.6 Å². The molecule has 1 aliphatic rings. The molecule has 2 N–H and O–H groups in total. The number of carbonyl (C=O) groups is 3. The lowest BCUT2D eigenvalue weighted by molar-refractivity contribution is -0.156. The minimum atomic E-state index is -1.08. The van der Waals surface area contributed by atoms with Crippen molar-refractivity contribution in [2.45, 2.75) is 58.6 Å². The molecule has 1 aromatic rings. The first-order chi connectivity index (χ1) is 12.4. The van der Waals surface area contributed by atoms with Crippen LogP contribution < -0.4 is 15.4 Å². The third-order valence-electron chi connectivity index (χ3n) is 4.51. The van der Waals surface area contributed by atoms with Gasteiger partial charge in [0.2, 0.25) is 0 Å². The standard InChI is InChI=1S/C19H26N2O5/c1-12-7-6-10-16(13(12)2)25-11-17(22)26-14(3)18(23)21-19(24)20-15-8-4-5-9-15/h6-7,10,14-15H,4-5,8-9,11H2,1-3H3,(H2,20,21,23,24)/t14-/m0/s1. The number of imide groups is 1. The monoisotopic (exact) mass is 362 g/mol. The van der Waals surface area contributed by atoms with E-state index in [1.807, 2.05) is 26.0 Å². The third-order valence-corrected chi connectivity index (χ3v) is 4.51. The van der Waals surface area contributed by atoms with E-state index in [2.05, 4.69) is 10.6 Å². The zero-order valence-electron chi connectivity index (χ0n) is 15.5. The second-order valence-electron chi connectivity index (χ2n) is 6.56. The van der Waals surface area contributed by atoms with Gasteiger partial charge in [0.05, 0.1) is 0 Å². The van der Waals surface area contributed by atoms with Gasteiger partial charge in [-0.3, -0.25) is 10.1 Å². The molecule has 2 rings (SSSR count). The molecule has 1 saturated carbocycles. The van der Waals surface area contributed by atoms with Crippen molar-refractivity contribution >= 4 is 17.9 Å². The van der Waals surface area contributed by atoms with Crippen LogP contribution >= 0.6 is 0 Å². The number of hydrogen-bond acceptors (Lipinski definition) is 5. The highest BCUT2D eigenvalue weighted by Crippen LogP contribution is 2.20. The zero-order chi connectivity index (χ0) is 19.1. The Morgan fingerprint density at radius 2 is 1.88 bits per heavy atom. The SMILES string of the molecule is Cc1cccc(OCC(=O)O[C@@H](C)C(=O)NC(=O)NC2CCCC2)c1C. The molecule has 0 unspecified atom stereocenters. The van der Waals surface area contributed by atoms with Crippen molar-refractivity contribution in [3.8, 4) is 5.75 Å². The quantitative estimate of drug-likeness (QED) is 0.758. The second-order valence-corrected chi connectivity index (χ2v) is 6.56. The molecule has 0 aliphatic heterocycles. The highest BCUT2D eigenvalue weighted by molar-refractivity contribution is 5.97. The van der Waals surface area contributed by atoms with E-state index < -0.39 is 24.0 Å². The second kappa shape index (κ2) is 9.22. The Morgan fingerprint density at radius 3 is 2.58 bits per heavy atom. The van der Waals surface area contributed by atoms with Gasteiger partial charge in [-0.05, 0) is 50.8 Å². The van der Waals surface area contributed by atoms with Gasteiger partial charge in [-0.15, -0.1) is 0 Å². The molecule has 0 aromatic heterocycles. The van der Waals surface area contributed by atoms with E-state index in [4.69, 9.17) is 9.47 Å².